The molecule has 3 nitrogen and oxygen atoms in total. The Balaban J connectivity index is 2.23. The summed E-state index contributed by atoms with van der Waals surface area (Å²) >= 11 is 3.38. The molecule has 1 aliphatic carbocycles. The van der Waals surface area contributed by atoms with Gasteiger partial charge in [-0.1, -0.05) is 15.9 Å². The Labute approximate surface area is 109 Å². The number of hydrogen-bond donors (Lipinski definition) is 1. The van der Waals surface area contributed by atoms with Gasteiger partial charge in [-0.25, -0.2) is 0 Å². The Morgan fingerprint density at radius 2 is 2.18 bits per heavy atom. The lowest BCUT2D eigenvalue weighted by Crippen LogP contribution is -2.30. The number of phenols is 1. The Morgan fingerprint density at radius 1 is 1.41 bits per heavy atom. The molecule has 0 radical (unpaired) electrons. The molecule has 1 aromatic rings. The summed E-state index contributed by atoms with van der Waals surface area (Å²) in [5, 5.41) is 9.78. The van der Waals surface area contributed by atoms with Gasteiger partial charge in [-0.15, -0.1) is 0 Å². The van der Waals surface area contributed by atoms with Crippen molar-refractivity contribution >= 4 is 21.7 Å². The summed E-state index contributed by atoms with van der Waals surface area (Å²) in [5.74, 6) is 0.638. The molecule has 1 aromatic carbocycles. The molecule has 0 bridgehead atoms. The molecule has 92 valence electrons. The van der Waals surface area contributed by atoms with E-state index in [4.69, 9.17) is 4.74 Å². The summed E-state index contributed by atoms with van der Waals surface area (Å²) in [4.78, 5) is 11.7. The number of halogens is 1. The molecule has 0 amide bonds. The molecule has 1 N–H and O–H groups in total. The smallest absolute Gasteiger partial charge is 0.173 e. The van der Waals surface area contributed by atoms with Gasteiger partial charge < -0.3 is 9.84 Å². The predicted molar refractivity (Wildman–Crippen MR) is 68.4 cm³/mol. The maximum Gasteiger partial charge on any atom is 0.173 e. The van der Waals surface area contributed by atoms with Gasteiger partial charge in [0.15, 0.2) is 23.4 Å². The molecule has 2 rings (SSSR count). The first-order chi connectivity index (χ1) is 8.09. The molecular weight excluding hydrogens is 284 g/mol. The van der Waals surface area contributed by atoms with E-state index >= 15 is 0 Å². The quantitative estimate of drug-likeness (QED) is 0.911. The van der Waals surface area contributed by atoms with Gasteiger partial charge in [0, 0.05) is 16.5 Å². The van der Waals surface area contributed by atoms with Crippen molar-refractivity contribution in [2.75, 3.05) is 0 Å². The standard InChI is InChI=1S/C13H15BrO3/c1-8-9(14)6-7-11(16)13(8)17-12-5-3-2-4-10(12)15/h6-7,12,16H,2-5H2,1H3. The first kappa shape index (κ1) is 12.4. The lowest BCUT2D eigenvalue weighted by Gasteiger charge is -2.23. The number of carbonyl (C=O) groups excluding carboxylic acids is 1. The number of aromatic hydroxyl groups is 1. The van der Waals surface area contributed by atoms with Crippen LogP contribution in [0, 0.1) is 6.92 Å². The summed E-state index contributed by atoms with van der Waals surface area (Å²) < 4.78 is 6.55. The molecule has 0 aromatic heterocycles. The fourth-order valence-corrected chi connectivity index (χ4v) is 2.33. The van der Waals surface area contributed by atoms with Gasteiger partial charge in [-0.2, -0.15) is 0 Å². The zero-order valence-corrected chi connectivity index (χ0v) is 11.3. The predicted octanol–water partition coefficient (Wildman–Crippen LogP) is 3.35. The Kier molecular flexibility index (Phi) is 3.72. The van der Waals surface area contributed by atoms with Crippen LogP contribution in [0.15, 0.2) is 16.6 Å². The first-order valence-electron chi connectivity index (χ1n) is 5.77. The first-order valence-corrected chi connectivity index (χ1v) is 6.56. The maximum atomic E-state index is 11.7. The van der Waals surface area contributed by atoms with Crippen molar-refractivity contribution in [3.8, 4) is 11.5 Å². The maximum absolute atomic E-state index is 11.7. The molecule has 1 atom stereocenters. The van der Waals surface area contributed by atoms with Gasteiger partial charge in [0.1, 0.15) is 0 Å². The number of hydrogen-bond acceptors (Lipinski definition) is 3. The van der Waals surface area contributed by atoms with Crippen molar-refractivity contribution in [1.82, 2.24) is 0 Å². The van der Waals surface area contributed by atoms with E-state index in [-0.39, 0.29) is 11.5 Å². The number of ether oxygens (including phenoxy) is 1. The van der Waals surface area contributed by atoms with E-state index in [1.54, 1.807) is 12.1 Å². The lowest BCUT2D eigenvalue weighted by molar-refractivity contribution is -0.127. The minimum Gasteiger partial charge on any atom is -0.504 e. The Bertz CT molecular complexity index is 443. The van der Waals surface area contributed by atoms with Crippen LogP contribution in [0.3, 0.4) is 0 Å². The molecule has 1 unspecified atom stereocenters. The minimum absolute atomic E-state index is 0.0871. The normalized spacial score (nSPS) is 20.4. The van der Waals surface area contributed by atoms with Gasteiger partial charge in [-0.05, 0) is 38.3 Å². The average Bonchev–Trinajstić information content (AvgIpc) is 2.32. The number of benzene rings is 1. The van der Waals surface area contributed by atoms with Crippen molar-refractivity contribution in [3.63, 3.8) is 0 Å². The zero-order chi connectivity index (χ0) is 12.4. The van der Waals surface area contributed by atoms with Gasteiger partial charge in [-0.3, -0.25) is 4.79 Å². The van der Waals surface area contributed by atoms with E-state index in [1.807, 2.05) is 6.92 Å². The van der Waals surface area contributed by atoms with E-state index in [9.17, 15) is 9.90 Å². The van der Waals surface area contributed by atoms with Crippen LogP contribution in [0.25, 0.3) is 0 Å². The van der Waals surface area contributed by atoms with E-state index in [2.05, 4.69) is 15.9 Å². The number of ketones is 1. The highest BCUT2D eigenvalue weighted by atomic mass is 79.9. The highest BCUT2D eigenvalue weighted by Crippen LogP contribution is 2.36. The Hall–Kier alpha value is -1.03. The summed E-state index contributed by atoms with van der Waals surface area (Å²) in [7, 11) is 0. The van der Waals surface area contributed by atoms with Crippen molar-refractivity contribution in [2.45, 2.75) is 38.7 Å². The molecule has 0 spiro atoms. The lowest BCUT2D eigenvalue weighted by atomic mass is 9.96. The van der Waals surface area contributed by atoms with E-state index in [1.165, 1.54) is 0 Å². The van der Waals surface area contributed by atoms with Gasteiger partial charge in [0.25, 0.3) is 0 Å². The number of Topliss-reactive ketones (excluding diaryl/α,β-unsaturated/α-hetero) is 1. The SMILES string of the molecule is Cc1c(Br)ccc(O)c1OC1CCCCC1=O. The third kappa shape index (κ3) is 2.63. The highest BCUT2D eigenvalue weighted by Gasteiger charge is 2.25. The van der Waals surface area contributed by atoms with Crippen LogP contribution in [0.1, 0.15) is 31.2 Å². The number of phenolic OH excluding ortho intramolecular Hbond substituents is 1. The van der Waals surface area contributed by atoms with Crippen LogP contribution in [0.4, 0.5) is 0 Å². The van der Waals surface area contributed by atoms with E-state index < -0.39 is 6.10 Å². The fraction of sp³-hybridized carbons (Fsp3) is 0.462. The average molecular weight is 299 g/mol. The van der Waals surface area contributed by atoms with Crippen molar-refractivity contribution in [1.29, 1.82) is 0 Å². The van der Waals surface area contributed by atoms with Crippen LogP contribution in [0.2, 0.25) is 0 Å². The molecule has 4 heteroatoms. The second-order valence-electron chi connectivity index (χ2n) is 4.34. The molecule has 0 saturated heterocycles. The van der Waals surface area contributed by atoms with Crippen LogP contribution in [-0.2, 0) is 4.79 Å². The molecular formula is C13H15BrO3. The third-order valence-electron chi connectivity index (χ3n) is 3.08. The van der Waals surface area contributed by atoms with Crippen LogP contribution in [0.5, 0.6) is 11.5 Å². The highest BCUT2D eigenvalue weighted by molar-refractivity contribution is 9.10. The summed E-state index contributed by atoms with van der Waals surface area (Å²) in [6.45, 7) is 1.85. The van der Waals surface area contributed by atoms with Crippen LogP contribution in [-0.4, -0.2) is 17.0 Å². The van der Waals surface area contributed by atoms with E-state index in [0.29, 0.717) is 12.2 Å². The molecule has 1 saturated carbocycles. The third-order valence-corrected chi connectivity index (χ3v) is 3.94. The van der Waals surface area contributed by atoms with Gasteiger partial charge >= 0.3 is 0 Å². The zero-order valence-electron chi connectivity index (χ0n) is 9.70. The molecule has 17 heavy (non-hydrogen) atoms. The van der Waals surface area contributed by atoms with Gasteiger partial charge in [0.2, 0.25) is 0 Å². The molecule has 0 heterocycles. The summed E-state index contributed by atoms with van der Waals surface area (Å²) in [6, 6.07) is 3.33. The fourth-order valence-electron chi connectivity index (χ4n) is 2.02. The monoisotopic (exact) mass is 298 g/mol. The van der Waals surface area contributed by atoms with Gasteiger partial charge in [0.05, 0.1) is 0 Å². The van der Waals surface area contributed by atoms with Crippen molar-refractivity contribution in [2.24, 2.45) is 0 Å². The summed E-state index contributed by atoms with van der Waals surface area (Å²) in [5.41, 5.74) is 0.823. The van der Waals surface area contributed by atoms with Crippen molar-refractivity contribution in [3.05, 3.63) is 22.2 Å². The number of rotatable bonds is 2. The Morgan fingerprint density at radius 3 is 2.88 bits per heavy atom. The summed E-state index contributed by atoms with van der Waals surface area (Å²) in [6.07, 6.45) is 2.87. The molecule has 1 aliphatic rings. The van der Waals surface area contributed by atoms with Crippen LogP contribution >= 0.6 is 15.9 Å². The van der Waals surface area contributed by atoms with Crippen molar-refractivity contribution < 1.29 is 14.6 Å². The molecule has 1 fully saturated rings. The van der Waals surface area contributed by atoms with E-state index in [0.717, 1.165) is 29.3 Å². The number of carbonyl (C=O) groups is 1. The minimum atomic E-state index is -0.400. The molecule has 0 aliphatic heterocycles. The second-order valence-corrected chi connectivity index (χ2v) is 5.19. The van der Waals surface area contributed by atoms with Crippen LogP contribution < -0.4 is 4.74 Å². The largest absolute Gasteiger partial charge is 0.504 e. The topological polar surface area (TPSA) is 46.5 Å². The second kappa shape index (κ2) is 5.08.